The number of aryl methyl sites for hydroxylation is 1. The van der Waals surface area contributed by atoms with E-state index in [-0.39, 0.29) is 16.9 Å². The molecule has 0 bridgehead atoms. The maximum absolute atomic E-state index is 12.4. The van der Waals surface area contributed by atoms with Crippen LogP contribution in [-0.2, 0) is 6.18 Å². The molecule has 0 aliphatic rings. The van der Waals surface area contributed by atoms with Gasteiger partial charge in [-0.2, -0.15) is 13.2 Å². The summed E-state index contributed by atoms with van der Waals surface area (Å²) in [6.45, 7) is 2.63. The first-order valence-electron chi connectivity index (χ1n) is 3.70. The fraction of sp³-hybridized carbons (Fsp3) is 0.333. The van der Waals surface area contributed by atoms with Crippen LogP contribution in [-0.4, -0.2) is 5.11 Å². The first-order valence-corrected chi connectivity index (χ1v) is 3.70. The highest BCUT2D eigenvalue weighted by atomic mass is 19.4. The van der Waals surface area contributed by atoms with Gasteiger partial charge in [-0.05, 0) is 25.5 Å². The zero-order valence-corrected chi connectivity index (χ0v) is 7.24. The Kier molecular flexibility index (Phi) is 2.24. The molecule has 1 aromatic carbocycles. The normalized spacial score (nSPS) is 11.8. The molecule has 1 aromatic rings. The highest BCUT2D eigenvalue weighted by Gasteiger charge is 2.34. The molecule has 1 N–H and O–H groups in total. The predicted octanol–water partition coefficient (Wildman–Crippen LogP) is 3.03. The van der Waals surface area contributed by atoms with Crippen molar-refractivity contribution in [2.75, 3.05) is 0 Å². The molecule has 0 atom stereocenters. The molecular weight excluding hydrogens is 181 g/mol. The van der Waals surface area contributed by atoms with Gasteiger partial charge in [0.2, 0.25) is 0 Å². The number of hydrogen-bond acceptors (Lipinski definition) is 1. The Morgan fingerprint density at radius 2 is 1.69 bits per heavy atom. The van der Waals surface area contributed by atoms with Gasteiger partial charge in [0.1, 0.15) is 5.75 Å². The maximum Gasteiger partial charge on any atom is 0.417 e. The van der Waals surface area contributed by atoms with Crippen LogP contribution in [0.5, 0.6) is 5.75 Å². The van der Waals surface area contributed by atoms with Crippen LogP contribution < -0.4 is 0 Å². The monoisotopic (exact) mass is 190 g/mol. The van der Waals surface area contributed by atoms with E-state index in [0.717, 1.165) is 0 Å². The molecule has 0 saturated heterocycles. The molecule has 0 fully saturated rings. The number of hydrogen-bond donors (Lipinski definition) is 1. The summed E-state index contributed by atoms with van der Waals surface area (Å²) in [5.74, 6) is -0.321. The summed E-state index contributed by atoms with van der Waals surface area (Å²) in [4.78, 5) is 0. The standard InChI is InChI=1S/C9H9F3O/c1-5-3-4-7(13)6(2)8(5)9(10,11)12/h3-4,13H,1-2H3. The van der Waals surface area contributed by atoms with Gasteiger partial charge in [-0.25, -0.2) is 0 Å². The summed E-state index contributed by atoms with van der Waals surface area (Å²) in [5, 5.41) is 9.09. The van der Waals surface area contributed by atoms with Crippen molar-refractivity contribution in [3.05, 3.63) is 28.8 Å². The van der Waals surface area contributed by atoms with Gasteiger partial charge in [0.05, 0.1) is 5.56 Å². The van der Waals surface area contributed by atoms with Crippen LogP contribution in [0.15, 0.2) is 12.1 Å². The van der Waals surface area contributed by atoms with E-state index in [1.807, 2.05) is 0 Å². The largest absolute Gasteiger partial charge is 0.508 e. The molecule has 0 amide bonds. The number of aromatic hydroxyl groups is 1. The topological polar surface area (TPSA) is 20.2 Å². The lowest BCUT2D eigenvalue weighted by atomic mass is 10.0. The number of phenolic OH excluding ortho intramolecular Hbond substituents is 1. The summed E-state index contributed by atoms with van der Waals surface area (Å²) in [6.07, 6.45) is -4.40. The molecule has 4 heteroatoms. The Hall–Kier alpha value is -1.19. The Morgan fingerprint density at radius 1 is 1.15 bits per heavy atom. The smallest absolute Gasteiger partial charge is 0.417 e. The van der Waals surface area contributed by atoms with E-state index < -0.39 is 11.7 Å². The lowest BCUT2D eigenvalue weighted by molar-refractivity contribution is -0.138. The van der Waals surface area contributed by atoms with Gasteiger partial charge in [-0.15, -0.1) is 0 Å². The van der Waals surface area contributed by atoms with Crippen LogP contribution in [0.4, 0.5) is 13.2 Å². The van der Waals surface area contributed by atoms with Crippen molar-refractivity contribution < 1.29 is 18.3 Å². The zero-order valence-electron chi connectivity index (χ0n) is 7.24. The first-order chi connectivity index (χ1) is 5.84. The van der Waals surface area contributed by atoms with Crippen molar-refractivity contribution in [3.8, 4) is 5.75 Å². The summed E-state index contributed by atoms with van der Waals surface area (Å²) in [7, 11) is 0. The molecule has 0 unspecified atom stereocenters. The van der Waals surface area contributed by atoms with Gasteiger partial charge in [0, 0.05) is 5.56 Å². The zero-order chi connectivity index (χ0) is 10.2. The number of benzene rings is 1. The van der Waals surface area contributed by atoms with Crippen LogP contribution >= 0.6 is 0 Å². The van der Waals surface area contributed by atoms with Crippen molar-refractivity contribution >= 4 is 0 Å². The van der Waals surface area contributed by atoms with Crippen LogP contribution in [0.2, 0.25) is 0 Å². The fourth-order valence-electron chi connectivity index (χ4n) is 1.27. The van der Waals surface area contributed by atoms with Gasteiger partial charge < -0.3 is 5.11 Å². The highest BCUT2D eigenvalue weighted by Crippen LogP contribution is 2.37. The molecule has 1 rings (SSSR count). The molecular formula is C9H9F3O. The van der Waals surface area contributed by atoms with Crippen molar-refractivity contribution in [1.29, 1.82) is 0 Å². The van der Waals surface area contributed by atoms with E-state index in [9.17, 15) is 13.2 Å². The highest BCUT2D eigenvalue weighted by molar-refractivity contribution is 5.44. The van der Waals surface area contributed by atoms with E-state index in [1.165, 1.54) is 26.0 Å². The molecule has 0 saturated carbocycles. The lowest BCUT2D eigenvalue weighted by Gasteiger charge is -2.13. The van der Waals surface area contributed by atoms with Gasteiger partial charge in [-0.1, -0.05) is 6.07 Å². The Morgan fingerprint density at radius 3 is 2.08 bits per heavy atom. The van der Waals surface area contributed by atoms with E-state index in [0.29, 0.717) is 0 Å². The Labute approximate surface area is 73.8 Å². The Bertz CT molecular complexity index is 328. The number of rotatable bonds is 0. The number of halogens is 3. The SMILES string of the molecule is Cc1ccc(O)c(C)c1C(F)(F)F. The molecule has 0 aromatic heterocycles. The summed E-state index contributed by atoms with van der Waals surface area (Å²) in [5.41, 5.74) is -0.734. The van der Waals surface area contributed by atoms with E-state index >= 15 is 0 Å². The molecule has 1 nitrogen and oxygen atoms in total. The lowest BCUT2D eigenvalue weighted by Crippen LogP contribution is -2.09. The summed E-state index contributed by atoms with van der Waals surface area (Å²) >= 11 is 0. The van der Waals surface area contributed by atoms with Gasteiger partial charge in [-0.3, -0.25) is 0 Å². The number of alkyl halides is 3. The predicted molar refractivity (Wildman–Crippen MR) is 42.6 cm³/mol. The first kappa shape index (κ1) is 9.89. The second-order valence-corrected chi connectivity index (χ2v) is 2.90. The third kappa shape index (κ3) is 1.76. The van der Waals surface area contributed by atoms with Gasteiger partial charge in [0.15, 0.2) is 0 Å². The fourth-order valence-corrected chi connectivity index (χ4v) is 1.27. The molecule has 0 aliphatic carbocycles. The molecule has 0 radical (unpaired) electrons. The molecule has 13 heavy (non-hydrogen) atoms. The maximum atomic E-state index is 12.4. The minimum atomic E-state index is -4.40. The van der Waals surface area contributed by atoms with E-state index in [2.05, 4.69) is 0 Å². The minimum absolute atomic E-state index is 0.118. The van der Waals surface area contributed by atoms with Crippen LogP contribution in [0.25, 0.3) is 0 Å². The van der Waals surface area contributed by atoms with Crippen molar-refractivity contribution in [1.82, 2.24) is 0 Å². The van der Waals surface area contributed by atoms with Crippen LogP contribution in [0, 0.1) is 13.8 Å². The van der Waals surface area contributed by atoms with E-state index in [1.54, 1.807) is 0 Å². The van der Waals surface area contributed by atoms with Crippen molar-refractivity contribution in [2.45, 2.75) is 20.0 Å². The van der Waals surface area contributed by atoms with Gasteiger partial charge >= 0.3 is 6.18 Å². The van der Waals surface area contributed by atoms with Crippen LogP contribution in [0.1, 0.15) is 16.7 Å². The molecule has 0 heterocycles. The molecule has 0 spiro atoms. The average Bonchev–Trinajstić information content (AvgIpc) is 1.95. The van der Waals surface area contributed by atoms with Crippen LogP contribution in [0.3, 0.4) is 0 Å². The minimum Gasteiger partial charge on any atom is -0.508 e. The molecule has 72 valence electrons. The average molecular weight is 190 g/mol. The third-order valence-electron chi connectivity index (χ3n) is 1.93. The molecule has 0 aliphatic heterocycles. The van der Waals surface area contributed by atoms with E-state index in [4.69, 9.17) is 5.11 Å². The quantitative estimate of drug-likeness (QED) is 0.666. The Balaban J connectivity index is 3.43. The van der Waals surface area contributed by atoms with Crippen molar-refractivity contribution in [3.63, 3.8) is 0 Å². The second kappa shape index (κ2) is 2.94. The second-order valence-electron chi connectivity index (χ2n) is 2.90. The third-order valence-corrected chi connectivity index (χ3v) is 1.93. The number of phenols is 1. The van der Waals surface area contributed by atoms with Crippen molar-refractivity contribution in [2.24, 2.45) is 0 Å². The summed E-state index contributed by atoms with van der Waals surface area (Å²) in [6, 6.07) is 2.52. The summed E-state index contributed by atoms with van der Waals surface area (Å²) < 4.78 is 37.1. The van der Waals surface area contributed by atoms with Gasteiger partial charge in [0.25, 0.3) is 0 Å².